The summed E-state index contributed by atoms with van der Waals surface area (Å²) in [5.41, 5.74) is 4.03. The van der Waals surface area contributed by atoms with Crippen molar-refractivity contribution < 1.29 is 5.11 Å². The Labute approximate surface area is 131 Å². The Kier molecular flexibility index (Phi) is 3.40. The van der Waals surface area contributed by atoms with Crippen LogP contribution >= 0.6 is 0 Å². The zero-order valence-corrected chi connectivity index (χ0v) is 12.9. The molecule has 114 valence electrons. The van der Waals surface area contributed by atoms with Gasteiger partial charge in [0, 0.05) is 43.8 Å². The van der Waals surface area contributed by atoms with Crippen LogP contribution in [0.3, 0.4) is 0 Å². The fourth-order valence-electron chi connectivity index (χ4n) is 4.19. The highest BCUT2D eigenvalue weighted by Gasteiger charge is 2.51. The molecule has 2 aromatic carbocycles. The monoisotopic (exact) mass is 294 g/mol. The number of benzene rings is 2. The minimum Gasteiger partial charge on any atom is -0.395 e. The number of fused-ring (bicyclic) bond motifs is 3. The quantitative estimate of drug-likeness (QED) is 0.942. The lowest BCUT2D eigenvalue weighted by Gasteiger charge is -2.59. The highest BCUT2D eigenvalue weighted by molar-refractivity contribution is 5.59. The fraction of sp³-hybridized carbons (Fsp3) is 0.368. The second kappa shape index (κ2) is 5.41. The number of anilines is 1. The van der Waals surface area contributed by atoms with Gasteiger partial charge in [0.2, 0.25) is 0 Å². The maximum Gasteiger partial charge on any atom is 0.0593 e. The molecule has 22 heavy (non-hydrogen) atoms. The molecule has 0 aromatic heterocycles. The van der Waals surface area contributed by atoms with Gasteiger partial charge in [0.05, 0.1) is 6.61 Å². The molecule has 2 aliphatic heterocycles. The maximum atomic E-state index is 9.91. The molecule has 3 heteroatoms. The topological polar surface area (TPSA) is 26.7 Å². The van der Waals surface area contributed by atoms with Crippen LogP contribution in [0.2, 0.25) is 0 Å². The van der Waals surface area contributed by atoms with Crippen molar-refractivity contribution in [2.45, 2.75) is 24.5 Å². The number of nitrogens with zero attached hydrogens (tertiary/aromatic N) is 2. The van der Waals surface area contributed by atoms with Crippen LogP contribution in [0.4, 0.5) is 5.69 Å². The average Bonchev–Trinajstić information content (AvgIpc) is 2.56. The number of para-hydroxylation sites is 1. The van der Waals surface area contributed by atoms with Crippen molar-refractivity contribution >= 4 is 5.69 Å². The summed E-state index contributed by atoms with van der Waals surface area (Å²) in [7, 11) is 2.17. The number of rotatable bonds is 3. The van der Waals surface area contributed by atoms with Gasteiger partial charge in [-0.15, -0.1) is 0 Å². The zero-order valence-electron chi connectivity index (χ0n) is 12.9. The summed E-state index contributed by atoms with van der Waals surface area (Å²) in [4.78, 5) is 4.81. The van der Waals surface area contributed by atoms with Gasteiger partial charge in [-0.2, -0.15) is 0 Å². The summed E-state index contributed by atoms with van der Waals surface area (Å²) >= 11 is 0. The van der Waals surface area contributed by atoms with Gasteiger partial charge in [-0.1, -0.05) is 48.5 Å². The number of hydrogen-bond donors (Lipinski definition) is 1. The Morgan fingerprint density at radius 1 is 1.05 bits per heavy atom. The first-order valence-corrected chi connectivity index (χ1v) is 8.00. The largest absolute Gasteiger partial charge is 0.395 e. The van der Waals surface area contributed by atoms with Crippen molar-refractivity contribution in [1.29, 1.82) is 0 Å². The molecule has 0 saturated carbocycles. The lowest BCUT2D eigenvalue weighted by molar-refractivity contribution is -0.0489. The maximum absolute atomic E-state index is 9.91. The normalized spacial score (nSPS) is 27.0. The van der Waals surface area contributed by atoms with Crippen LogP contribution in [-0.2, 0) is 6.54 Å². The molecular formula is C19H22N2O. The third-order valence-corrected chi connectivity index (χ3v) is 5.24. The van der Waals surface area contributed by atoms with Crippen LogP contribution in [0.5, 0.6) is 0 Å². The van der Waals surface area contributed by atoms with E-state index < -0.39 is 0 Å². The second-order valence-corrected chi connectivity index (χ2v) is 6.44. The number of likely N-dealkylation sites (tertiary alicyclic amines) is 1. The smallest absolute Gasteiger partial charge is 0.0593 e. The predicted octanol–water partition coefficient (Wildman–Crippen LogP) is 2.47. The van der Waals surface area contributed by atoms with Crippen molar-refractivity contribution in [3.63, 3.8) is 0 Å². The first-order valence-electron chi connectivity index (χ1n) is 8.00. The van der Waals surface area contributed by atoms with Gasteiger partial charge in [0.25, 0.3) is 0 Å². The van der Waals surface area contributed by atoms with E-state index in [-0.39, 0.29) is 12.6 Å². The van der Waals surface area contributed by atoms with Crippen LogP contribution in [0.15, 0.2) is 54.6 Å². The third kappa shape index (κ3) is 2.04. The summed E-state index contributed by atoms with van der Waals surface area (Å²) in [6.07, 6.45) is 0. The van der Waals surface area contributed by atoms with Crippen LogP contribution < -0.4 is 4.90 Å². The molecule has 0 spiro atoms. The third-order valence-electron chi connectivity index (χ3n) is 5.24. The van der Waals surface area contributed by atoms with Crippen molar-refractivity contribution in [3.8, 4) is 0 Å². The van der Waals surface area contributed by atoms with E-state index in [9.17, 15) is 5.11 Å². The highest BCUT2D eigenvalue weighted by Crippen LogP contribution is 2.48. The van der Waals surface area contributed by atoms with Crippen molar-refractivity contribution in [1.82, 2.24) is 4.90 Å². The SMILES string of the molecule is CN1C[C@@H]2[C@H](c3ccccc31)[C@H](CO)N2Cc1ccccc1. The Balaban J connectivity index is 1.63. The fourth-order valence-corrected chi connectivity index (χ4v) is 4.19. The molecule has 2 heterocycles. The second-order valence-electron chi connectivity index (χ2n) is 6.44. The number of aliphatic hydroxyl groups is 1. The molecule has 2 aliphatic rings. The van der Waals surface area contributed by atoms with Crippen LogP contribution in [0, 0.1) is 0 Å². The van der Waals surface area contributed by atoms with Gasteiger partial charge in [0.1, 0.15) is 0 Å². The van der Waals surface area contributed by atoms with Crippen LogP contribution in [-0.4, -0.2) is 42.3 Å². The number of likely N-dealkylation sites (N-methyl/N-ethyl adjacent to an activating group) is 1. The van der Waals surface area contributed by atoms with E-state index >= 15 is 0 Å². The van der Waals surface area contributed by atoms with Crippen LogP contribution in [0.1, 0.15) is 17.0 Å². The molecule has 3 atom stereocenters. The molecule has 0 aliphatic carbocycles. The minimum atomic E-state index is 0.228. The van der Waals surface area contributed by atoms with E-state index in [1.54, 1.807) is 0 Å². The molecule has 1 fully saturated rings. The lowest BCUT2D eigenvalue weighted by Crippen LogP contribution is -2.67. The van der Waals surface area contributed by atoms with Crippen molar-refractivity contribution in [2.24, 2.45) is 0 Å². The Morgan fingerprint density at radius 2 is 1.77 bits per heavy atom. The molecule has 2 aromatic rings. The van der Waals surface area contributed by atoms with Gasteiger partial charge in [-0.3, -0.25) is 4.90 Å². The molecule has 3 nitrogen and oxygen atoms in total. The van der Waals surface area contributed by atoms with Crippen molar-refractivity contribution in [3.05, 3.63) is 65.7 Å². The molecular weight excluding hydrogens is 272 g/mol. The first kappa shape index (κ1) is 13.8. The van der Waals surface area contributed by atoms with E-state index in [1.165, 1.54) is 16.8 Å². The lowest BCUT2D eigenvalue weighted by atomic mass is 9.72. The van der Waals surface area contributed by atoms with Gasteiger partial charge >= 0.3 is 0 Å². The van der Waals surface area contributed by atoms with E-state index in [2.05, 4.69) is 71.4 Å². The highest BCUT2D eigenvalue weighted by atomic mass is 16.3. The standard InChI is InChI=1S/C19H22N2O/c1-20-12-17-19(15-9-5-6-10-16(15)20)18(13-22)21(17)11-14-7-3-2-4-8-14/h2-10,17-19,22H,11-13H2,1H3/t17-,18+,19+/m1/s1. The van der Waals surface area contributed by atoms with Crippen LogP contribution in [0.25, 0.3) is 0 Å². The van der Waals surface area contributed by atoms with E-state index in [4.69, 9.17) is 0 Å². The van der Waals surface area contributed by atoms with Crippen molar-refractivity contribution in [2.75, 3.05) is 25.1 Å². The van der Waals surface area contributed by atoms with Gasteiger partial charge < -0.3 is 10.0 Å². The first-order chi connectivity index (χ1) is 10.8. The van der Waals surface area contributed by atoms with Gasteiger partial charge in [-0.25, -0.2) is 0 Å². The summed E-state index contributed by atoms with van der Waals surface area (Å²) < 4.78 is 0. The van der Waals surface area contributed by atoms with Gasteiger partial charge in [-0.05, 0) is 17.2 Å². The zero-order chi connectivity index (χ0) is 15.1. The molecule has 4 rings (SSSR count). The molecule has 1 saturated heterocycles. The summed E-state index contributed by atoms with van der Waals surface area (Å²) in [6.45, 7) is 2.18. The number of hydrogen-bond acceptors (Lipinski definition) is 3. The van der Waals surface area contributed by atoms with E-state index in [0.29, 0.717) is 12.0 Å². The molecule has 0 bridgehead atoms. The Hall–Kier alpha value is -1.84. The minimum absolute atomic E-state index is 0.228. The van der Waals surface area contributed by atoms with Gasteiger partial charge in [0.15, 0.2) is 0 Å². The summed E-state index contributed by atoms with van der Waals surface area (Å²) in [6, 6.07) is 19.9. The summed E-state index contributed by atoms with van der Waals surface area (Å²) in [5.74, 6) is 0.459. The molecule has 1 N–H and O–H groups in total. The molecule has 0 radical (unpaired) electrons. The van der Waals surface area contributed by atoms with E-state index in [1.807, 2.05) is 0 Å². The Morgan fingerprint density at radius 3 is 2.55 bits per heavy atom. The average molecular weight is 294 g/mol. The van der Waals surface area contributed by atoms with E-state index in [0.717, 1.165) is 13.1 Å². The molecule has 0 amide bonds. The Bertz CT molecular complexity index is 657. The summed E-state index contributed by atoms with van der Waals surface area (Å²) in [5, 5.41) is 9.91. The predicted molar refractivity (Wildman–Crippen MR) is 89.1 cm³/mol. The number of aliphatic hydroxyl groups excluding tert-OH is 1. The molecule has 0 unspecified atom stereocenters.